The van der Waals surface area contributed by atoms with E-state index in [0.29, 0.717) is 41.1 Å². The lowest BCUT2D eigenvalue weighted by atomic mass is 10.0. The summed E-state index contributed by atoms with van der Waals surface area (Å²) in [5.41, 5.74) is 11.1. The zero-order valence-electron chi connectivity index (χ0n) is 19.6. The second kappa shape index (κ2) is 9.91. The fraction of sp³-hybridized carbons (Fsp3) is 0.304. The van der Waals surface area contributed by atoms with Crippen molar-refractivity contribution in [2.24, 2.45) is 7.05 Å². The molecule has 12 heteroatoms. The van der Waals surface area contributed by atoms with Crippen molar-refractivity contribution in [3.63, 3.8) is 0 Å². The lowest BCUT2D eigenvalue weighted by molar-refractivity contribution is 0.183. The number of aromatic nitrogens is 6. The number of hydrogen-bond acceptors (Lipinski definition) is 9. The zero-order chi connectivity index (χ0) is 24.5. The number of rotatable bonds is 9. The van der Waals surface area contributed by atoms with E-state index in [2.05, 4.69) is 10.1 Å². The van der Waals surface area contributed by atoms with E-state index in [9.17, 15) is 4.55 Å². The van der Waals surface area contributed by atoms with Gasteiger partial charge in [0.15, 0.2) is 22.6 Å². The molecule has 10 nitrogen and oxygen atoms in total. The first-order valence-electron chi connectivity index (χ1n) is 10.9. The standard InChI is InChI=1S/C23H26N7O3S2/c1-29-13-15-10-14(12-25-21(15)28-29)18-11-16(17-4-5-30(27-17)6-7-32-2)19-20(24)23(34-22(19)26-18)35(31)9-8-33-3/h4-5,10-13,31H,6-9,24H2,1-3H3/q+1. The summed E-state index contributed by atoms with van der Waals surface area (Å²) < 4.78 is 25.4. The van der Waals surface area contributed by atoms with Crippen LogP contribution in [0.15, 0.2) is 41.0 Å². The Balaban J connectivity index is 1.67. The lowest BCUT2D eigenvalue weighted by Gasteiger charge is -2.07. The van der Waals surface area contributed by atoms with Crippen LogP contribution in [-0.2, 0) is 34.2 Å². The van der Waals surface area contributed by atoms with E-state index < -0.39 is 11.2 Å². The van der Waals surface area contributed by atoms with Crippen LogP contribution in [0.1, 0.15) is 0 Å². The largest absolute Gasteiger partial charge is 0.393 e. The number of anilines is 1. The Kier molecular flexibility index (Phi) is 6.71. The summed E-state index contributed by atoms with van der Waals surface area (Å²) in [5.74, 6) is 0.475. The molecule has 35 heavy (non-hydrogen) atoms. The summed E-state index contributed by atoms with van der Waals surface area (Å²) in [6.07, 6.45) is 5.62. The summed E-state index contributed by atoms with van der Waals surface area (Å²) in [4.78, 5) is 10.2. The van der Waals surface area contributed by atoms with Gasteiger partial charge < -0.3 is 15.2 Å². The molecule has 0 saturated carbocycles. The molecular weight excluding hydrogens is 486 g/mol. The van der Waals surface area contributed by atoms with Crippen LogP contribution in [0.25, 0.3) is 43.8 Å². The minimum absolute atomic E-state index is 0.444. The molecule has 0 aliphatic carbocycles. The first kappa shape index (κ1) is 23.7. The van der Waals surface area contributed by atoms with Gasteiger partial charge in [0.2, 0.25) is 0 Å². The van der Waals surface area contributed by atoms with Gasteiger partial charge >= 0.3 is 0 Å². The number of pyridine rings is 2. The Morgan fingerprint density at radius 2 is 1.97 bits per heavy atom. The highest BCUT2D eigenvalue weighted by atomic mass is 32.2. The smallest absolute Gasteiger partial charge is 0.269 e. The molecule has 5 heterocycles. The Hall–Kier alpha value is -3.03. The van der Waals surface area contributed by atoms with Gasteiger partial charge in [-0.05, 0) is 18.2 Å². The third-order valence-corrected chi connectivity index (χ3v) is 8.49. The third kappa shape index (κ3) is 4.62. The highest BCUT2D eigenvalue weighted by Crippen LogP contribution is 2.43. The number of nitrogens with zero attached hydrogens (tertiary/aromatic N) is 6. The van der Waals surface area contributed by atoms with Crippen molar-refractivity contribution < 1.29 is 14.0 Å². The summed E-state index contributed by atoms with van der Waals surface area (Å²) in [6, 6.07) is 5.97. The predicted octanol–water partition coefficient (Wildman–Crippen LogP) is 3.43. The first-order chi connectivity index (χ1) is 17.0. The fourth-order valence-corrected chi connectivity index (χ4v) is 6.46. The zero-order valence-corrected chi connectivity index (χ0v) is 21.3. The normalized spacial score (nSPS) is 12.7. The second-order valence-electron chi connectivity index (χ2n) is 8.00. The first-order valence-corrected chi connectivity index (χ1v) is 13.1. The van der Waals surface area contributed by atoms with Crippen LogP contribution in [0.4, 0.5) is 5.69 Å². The van der Waals surface area contributed by atoms with Gasteiger partial charge in [0, 0.05) is 61.8 Å². The van der Waals surface area contributed by atoms with Crippen LogP contribution in [-0.4, -0.2) is 67.3 Å². The van der Waals surface area contributed by atoms with E-state index >= 15 is 0 Å². The number of ether oxygens (including phenoxy) is 2. The van der Waals surface area contributed by atoms with Gasteiger partial charge in [-0.2, -0.15) is 14.8 Å². The van der Waals surface area contributed by atoms with Crippen molar-refractivity contribution in [3.8, 4) is 22.5 Å². The molecule has 0 bridgehead atoms. The maximum Gasteiger partial charge on any atom is 0.269 e. The molecule has 0 aliphatic rings. The second-order valence-corrected chi connectivity index (χ2v) is 10.8. The number of nitrogens with two attached hydrogens (primary N) is 1. The number of fused-ring (bicyclic) bond motifs is 2. The summed E-state index contributed by atoms with van der Waals surface area (Å²) in [5, 5.41) is 10.8. The number of thiophene rings is 1. The molecule has 0 spiro atoms. The van der Waals surface area contributed by atoms with E-state index in [0.717, 1.165) is 38.1 Å². The van der Waals surface area contributed by atoms with E-state index in [1.54, 1.807) is 25.1 Å². The van der Waals surface area contributed by atoms with Crippen molar-refractivity contribution in [1.29, 1.82) is 0 Å². The summed E-state index contributed by atoms with van der Waals surface area (Å²) in [6.45, 7) is 1.65. The van der Waals surface area contributed by atoms with Gasteiger partial charge in [0.1, 0.15) is 10.5 Å². The molecule has 5 aromatic heterocycles. The van der Waals surface area contributed by atoms with Crippen LogP contribution in [0.5, 0.6) is 0 Å². The van der Waals surface area contributed by atoms with Crippen molar-refractivity contribution in [2.45, 2.75) is 10.8 Å². The lowest BCUT2D eigenvalue weighted by Crippen LogP contribution is -2.11. The fourth-order valence-electron chi connectivity index (χ4n) is 3.87. The summed E-state index contributed by atoms with van der Waals surface area (Å²) >= 11 is 0.363. The van der Waals surface area contributed by atoms with Gasteiger partial charge in [0.05, 0.1) is 31.1 Å². The van der Waals surface area contributed by atoms with E-state index in [1.807, 2.05) is 42.3 Å². The maximum absolute atomic E-state index is 10.8. The quantitative estimate of drug-likeness (QED) is 0.288. The van der Waals surface area contributed by atoms with Crippen LogP contribution in [0.3, 0.4) is 0 Å². The molecular formula is C23H26N7O3S2+. The van der Waals surface area contributed by atoms with Crippen molar-refractivity contribution >= 4 is 49.5 Å². The Labute approximate surface area is 208 Å². The van der Waals surface area contributed by atoms with Crippen molar-refractivity contribution in [2.75, 3.05) is 38.9 Å². The van der Waals surface area contributed by atoms with Gasteiger partial charge in [-0.25, -0.2) is 9.97 Å². The molecule has 3 N–H and O–H groups in total. The molecule has 0 amide bonds. The number of aryl methyl sites for hydroxylation is 1. The van der Waals surface area contributed by atoms with Gasteiger partial charge in [0.25, 0.3) is 4.21 Å². The van der Waals surface area contributed by atoms with Crippen LogP contribution < -0.4 is 5.73 Å². The van der Waals surface area contributed by atoms with Crippen LogP contribution >= 0.6 is 11.3 Å². The molecule has 5 rings (SSSR count). The molecule has 5 aromatic rings. The molecule has 1 unspecified atom stereocenters. The minimum Gasteiger partial charge on any atom is -0.393 e. The Morgan fingerprint density at radius 1 is 1.14 bits per heavy atom. The SMILES string of the molecule is COCCn1ccc(-c2cc(-c3cnc4nn(C)cc4c3)nc3sc([S+](O)CCOC)c(N)c23)n1. The highest BCUT2D eigenvalue weighted by Gasteiger charge is 2.30. The highest BCUT2D eigenvalue weighted by molar-refractivity contribution is 7.93. The number of nitrogen functional groups attached to an aromatic ring is 1. The Bertz CT molecular complexity index is 1490. The predicted molar refractivity (Wildman–Crippen MR) is 140 cm³/mol. The van der Waals surface area contributed by atoms with E-state index in [-0.39, 0.29) is 0 Å². The maximum atomic E-state index is 10.8. The van der Waals surface area contributed by atoms with E-state index in [1.165, 1.54) is 11.3 Å². The van der Waals surface area contributed by atoms with E-state index in [4.69, 9.17) is 25.3 Å². The monoisotopic (exact) mass is 512 g/mol. The van der Waals surface area contributed by atoms with Gasteiger partial charge in [-0.3, -0.25) is 9.36 Å². The summed E-state index contributed by atoms with van der Waals surface area (Å²) in [7, 11) is 5.15. The molecule has 0 saturated heterocycles. The topological polar surface area (TPSA) is 126 Å². The minimum atomic E-state index is -1.05. The molecule has 0 aromatic carbocycles. The third-order valence-electron chi connectivity index (χ3n) is 5.57. The molecule has 0 fully saturated rings. The van der Waals surface area contributed by atoms with Crippen LogP contribution in [0.2, 0.25) is 0 Å². The average molecular weight is 513 g/mol. The number of methoxy groups -OCH3 is 2. The molecule has 182 valence electrons. The average Bonchev–Trinajstić information content (AvgIpc) is 3.56. The van der Waals surface area contributed by atoms with Gasteiger partial charge in [-0.15, -0.1) is 0 Å². The van der Waals surface area contributed by atoms with Crippen molar-refractivity contribution in [3.05, 3.63) is 36.8 Å². The molecule has 0 radical (unpaired) electrons. The number of hydrogen-bond donors (Lipinski definition) is 2. The van der Waals surface area contributed by atoms with Crippen LogP contribution in [0, 0.1) is 0 Å². The Morgan fingerprint density at radius 3 is 2.77 bits per heavy atom. The van der Waals surface area contributed by atoms with Crippen molar-refractivity contribution in [1.82, 2.24) is 29.5 Å². The van der Waals surface area contributed by atoms with Gasteiger partial charge in [-0.1, -0.05) is 11.3 Å². The molecule has 1 atom stereocenters. The molecule has 0 aliphatic heterocycles.